The predicted molar refractivity (Wildman–Crippen MR) is 80.2 cm³/mol. The summed E-state index contributed by atoms with van der Waals surface area (Å²) in [6.07, 6.45) is 3.15. The monoisotopic (exact) mass is 325 g/mol. The van der Waals surface area contributed by atoms with Crippen molar-refractivity contribution in [3.05, 3.63) is 22.0 Å². The average Bonchev–Trinajstić information content (AvgIpc) is 2.74. The SMILES string of the molecule is CC1(NC(=O)O)CCC(n2c(=O)[nH]c3cnc(Cl)nc32)CC1. The van der Waals surface area contributed by atoms with E-state index in [0.717, 1.165) is 0 Å². The molecule has 0 unspecified atom stereocenters. The van der Waals surface area contributed by atoms with Crippen LogP contribution in [0.1, 0.15) is 38.6 Å². The van der Waals surface area contributed by atoms with E-state index >= 15 is 0 Å². The van der Waals surface area contributed by atoms with Crippen molar-refractivity contribution in [1.29, 1.82) is 0 Å². The zero-order valence-electron chi connectivity index (χ0n) is 12.0. The molecule has 3 rings (SSSR count). The topological polar surface area (TPSA) is 113 Å². The van der Waals surface area contributed by atoms with Gasteiger partial charge in [0.25, 0.3) is 0 Å². The molecule has 0 atom stereocenters. The summed E-state index contributed by atoms with van der Waals surface area (Å²) < 4.78 is 1.60. The molecule has 0 bridgehead atoms. The third-order valence-corrected chi connectivity index (χ3v) is 4.44. The molecule has 1 amide bonds. The number of hydrogen-bond donors (Lipinski definition) is 3. The summed E-state index contributed by atoms with van der Waals surface area (Å²) in [5, 5.41) is 11.5. The summed E-state index contributed by atoms with van der Waals surface area (Å²) in [6, 6.07) is -0.0316. The summed E-state index contributed by atoms with van der Waals surface area (Å²) in [5.74, 6) is 0. The Balaban J connectivity index is 1.88. The number of halogens is 1. The lowest BCUT2D eigenvalue weighted by molar-refractivity contribution is 0.158. The zero-order valence-corrected chi connectivity index (χ0v) is 12.7. The van der Waals surface area contributed by atoms with E-state index in [9.17, 15) is 9.59 Å². The first-order valence-corrected chi connectivity index (χ1v) is 7.40. The van der Waals surface area contributed by atoms with Gasteiger partial charge in [-0.05, 0) is 44.2 Å². The van der Waals surface area contributed by atoms with Crippen LogP contribution in [0.5, 0.6) is 0 Å². The fourth-order valence-corrected chi connectivity index (χ4v) is 3.24. The Labute approximate surface area is 130 Å². The molecule has 0 aliphatic heterocycles. The van der Waals surface area contributed by atoms with Gasteiger partial charge in [-0.25, -0.2) is 14.6 Å². The second kappa shape index (κ2) is 5.28. The van der Waals surface area contributed by atoms with E-state index in [2.05, 4.69) is 20.3 Å². The van der Waals surface area contributed by atoms with E-state index in [1.807, 2.05) is 6.92 Å². The molecule has 2 heterocycles. The minimum Gasteiger partial charge on any atom is -0.465 e. The molecule has 9 heteroatoms. The summed E-state index contributed by atoms with van der Waals surface area (Å²) >= 11 is 5.81. The summed E-state index contributed by atoms with van der Waals surface area (Å²) in [4.78, 5) is 33.7. The Hall–Kier alpha value is -2.09. The van der Waals surface area contributed by atoms with Crippen LogP contribution in [0.25, 0.3) is 11.2 Å². The summed E-state index contributed by atoms with van der Waals surface area (Å²) in [6.45, 7) is 1.88. The Morgan fingerprint density at radius 3 is 2.86 bits per heavy atom. The maximum Gasteiger partial charge on any atom is 0.405 e. The van der Waals surface area contributed by atoms with Gasteiger partial charge in [0.1, 0.15) is 5.52 Å². The first kappa shape index (κ1) is 14.8. The van der Waals surface area contributed by atoms with Crippen LogP contribution in [-0.2, 0) is 0 Å². The van der Waals surface area contributed by atoms with Crippen molar-refractivity contribution in [3.63, 3.8) is 0 Å². The molecule has 1 fully saturated rings. The van der Waals surface area contributed by atoms with Gasteiger partial charge in [0.05, 0.1) is 6.20 Å². The van der Waals surface area contributed by atoms with Gasteiger partial charge in [-0.1, -0.05) is 0 Å². The number of rotatable bonds is 2. The summed E-state index contributed by atoms with van der Waals surface area (Å²) in [7, 11) is 0. The molecule has 0 spiro atoms. The largest absolute Gasteiger partial charge is 0.465 e. The molecule has 8 nitrogen and oxygen atoms in total. The average molecular weight is 326 g/mol. The van der Waals surface area contributed by atoms with Crippen LogP contribution in [0, 0.1) is 0 Å². The quantitative estimate of drug-likeness (QED) is 0.730. The van der Waals surface area contributed by atoms with Gasteiger partial charge in [-0.3, -0.25) is 4.57 Å². The minimum atomic E-state index is -1.02. The Bertz CT molecular complexity index is 776. The third kappa shape index (κ3) is 2.66. The lowest BCUT2D eigenvalue weighted by atomic mass is 9.81. The van der Waals surface area contributed by atoms with Crippen molar-refractivity contribution in [3.8, 4) is 0 Å². The number of aromatic amines is 1. The lowest BCUT2D eigenvalue weighted by Gasteiger charge is -2.37. The van der Waals surface area contributed by atoms with Crippen molar-refractivity contribution in [2.24, 2.45) is 0 Å². The minimum absolute atomic E-state index is 0.0316. The van der Waals surface area contributed by atoms with Crippen LogP contribution in [0.2, 0.25) is 5.28 Å². The number of hydrogen-bond acceptors (Lipinski definition) is 4. The fourth-order valence-electron chi connectivity index (χ4n) is 3.12. The number of carbonyl (C=O) groups is 1. The molecule has 2 aromatic heterocycles. The maximum absolute atomic E-state index is 12.2. The molecular weight excluding hydrogens is 310 g/mol. The first-order valence-electron chi connectivity index (χ1n) is 7.02. The van der Waals surface area contributed by atoms with Gasteiger partial charge < -0.3 is 15.4 Å². The fraction of sp³-hybridized carbons (Fsp3) is 0.538. The highest BCUT2D eigenvalue weighted by Gasteiger charge is 2.34. The Morgan fingerprint density at radius 1 is 1.55 bits per heavy atom. The number of H-pyrrole nitrogens is 1. The molecule has 1 aliphatic carbocycles. The lowest BCUT2D eigenvalue weighted by Crippen LogP contribution is -2.48. The molecule has 22 heavy (non-hydrogen) atoms. The van der Waals surface area contributed by atoms with E-state index in [0.29, 0.717) is 36.8 Å². The van der Waals surface area contributed by atoms with Crippen LogP contribution in [-0.4, -0.2) is 36.3 Å². The first-order chi connectivity index (χ1) is 10.4. The standard InChI is InChI=1S/C13H16ClN5O3/c1-13(18-12(21)22)4-2-7(3-5-13)19-9-8(16-11(19)20)6-15-10(14)17-9/h6-7,18H,2-5H2,1H3,(H,16,20)(H,21,22). The van der Waals surface area contributed by atoms with Crippen LogP contribution in [0.15, 0.2) is 11.0 Å². The Kier molecular flexibility index (Phi) is 3.56. The van der Waals surface area contributed by atoms with Gasteiger partial charge in [-0.2, -0.15) is 4.98 Å². The molecule has 0 radical (unpaired) electrons. The van der Waals surface area contributed by atoms with Crippen molar-refractivity contribution < 1.29 is 9.90 Å². The van der Waals surface area contributed by atoms with Crippen molar-refractivity contribution in [1.82, 2.24) is 24.8 Å². The van der Waals surface area contributed by atoms with E-state index in [4.69, 9.17) is 16.7 Å². The highest BCUT2D eigenvalue weighted by molar-refractivity contribution is 6.28. The van der Waals surface area contributed by atoms with Crippen LogP contribution in [0.4, 0.5) is 4.79 Å². The number of carboxylic acid groups (broad SMARTS) is 1. The number of imidazole rings is 1. The van der Waals surface area contributed by atoms with E-state index in [1.54, 1.807) is 4.57 Å². The van der Waals surface area contributed by atoms with Gasteiger partial charge in [0.2, 0.25) is 5.28 Å². The van der Waals surface area contributed by atoms with E-state index in [-0.39, 0.29) is 17.0 Å². The molecule has 118 valence electrons. The van der Waals surface area contributed by atoms with Crippen LogP contribution < -0.4 is 11.0 Å². The molecule has 3 N–H and O–H groups in total. The summed E-state index contributed by atoms with van der Waals surface area (Å²) in [5.41, 5.74) is 0.340. The highest BCUT2D eigenvalue weighted by atomic mass is 35.5. The molecule has 1 saturated carbocycles. The molecule has 2 aromatic rings. The molecule has 0 aromatic carbocycles. The molecular formula is C13H16ClN5O3. The predicted octanol–water partition coefficient (Wildman–Crippen LogP) is 1.91. The van der Waals surface area contributed by atoms with E-state index < -0.39 is 11.6 Å². The maximum atomic E-state index is 12.2. The second-order valence-electron chi connectivity index (χ2n) is 5.90. The third-order valence-electron chi connectivity index (χ3n) is 4.26. The molecule has 0 saturated heterocycles. The molecule has 1 aliphatic rings. The number of fused-ring (bicyclic) bond motifs is 1. The van der Waals surface area contributed by atoms with Crippen LogP contribution in [0.3, 0.4) is 0 Å². The van der Waals surface area contributed by atoms with E-state index in [1.165, 1.54) is 6.20 Å². The van der Waals surface area contributed by atoms with Crippen molar-refractivity contribution in [2.45, 2.75) is 44.2 Å². The number of aromatic nitrogens is 4. The number of amides is 1. The number of nitrogens with zero attached hydrogens (tertiary/aromatic N) is 3. The smallest absolute Gasteiger partial charge is 0.405 e. The highest BCUT2D eigenvalue weighted by Crippen LogP contribution is 2.35. The zero-order chi connectivity index (χ0) is 15.9. The van der Waals surface area contributed by atoms with Gasteiger partial charge in [0, 0.05) is 11.6 Å². The Morgan fingerprint density at radius 2 is 2.23 bits per heavy atom. The van der Waals surface area contributed by atoms with Gasteiger partial charge >= 0.3 is 11.8 Å². The normalized spacial score (nSPS) is 25.3. The second-order valence-corrected chi connectivity index (χ2v) is 6.24. The van der Waals surface area contributed by atoms with Gasteiger partial charge in [-0.15, -0.1) is 0 Å². The van der Waals surface area contributed by atoms with Crippen LogP contribution >= 0.6 is 11.6 Å². The van der Waals surface area contributed by atoms with Gasteiger partial charge in [0.15, 0.2) is 5.65 Å². The van der Waals surface area contributed by atoms with Crippen molar-refractivity contribution in [2.75, 3.05) is 0 Å². The van der Waals surface area contributed by atoms with Crippen molar-refractivity contribution >= 4 is 28.9 Å². The number of nitrogens with one attached hydrogen (secondary N) is 2.